The topological polar surface area (TPSA) is 66.8 Å². The average Bonchev–Trinajstić information content (AvgIpc) is 3.16. The van der Waals surface area contributed by atoms with Crippen molar-refractivity contribution in [2.75, 3.05) is 13.1 Å². The van der Waals surface area contributed by atoms with Crippen LogP contribution in [0.2, 0.25) is 0 Å². The van der Waals surface area contributed by atoms with E-state index in [1.54, 1.807) is 0 Å². The molecule has 0 saturated carbocycles. The van der Waals surface area contributed by atoms with Gasteiger partial charge in [0.25, 0.3) is 5.91 Å². The van der Waals surface area contributed by atoms with Crippen LogP contribution < -0.4 is 0 Å². The van der Waals surface area contributed by atoms with Crippen molar-refractivity contribution in [3.8, 4) is 0 Å². The van der Waals surface area contributed by atoms with Gasteiger partial charge < -0.3 is 4.90 Å². The molecule has 22 heavy (non-hydrogen) atoms. The Balaban J connectivity index is 1.71. The van der Waals surface area contributed by atoms with Crippen LogP contribution in [0.1, 0.15) is 53.8 Å². The standard InChI is InChI=1S/C16H23N5O/c1-3-7-21-9-6-14(19-21)16(22)20-8-4-5-13(11-20)15-12(2)10-17-18-15/h6,9-10,13H,3-5,7-8,11H2,1-2H3,(H,17,18). The third kappa shape index (κ3) is 2.91. The molecule has 0 spiro atoms. The zero-order chi connectivity index (χ0) is 15.5. The normalized spacial score (nSPS) is 18.6. The summed E-state index contributed by atoms with van der Waals surface area (Å²) in [5.74, 6) is 0.384. The first-order chi connectivity index (χ1) is 10.7. The summed E-state index contributed by atoms with van der Waals surface area (Å²) >= 11 is 0. The number of H-pyrrole nitrogens is 1. The Hall–Kier alpha value is -2.11. The molecule has 0 radical (unpaired) electrons. The first-order valence-corrected chi connectivity index (χ1v) is 8.01. The number of aromatic nitrogens is 4. The second kappa shape index (κ2) is 6.34. The molecule has 1 unspecified atom stereocenters. The van der Waals surface area contributed by atoms with Crippen molar-refractivity contribution < 1.29 is 4.79 Å². The van der Waals surface area contributed by atoms with E-state index in [1.807, 2.05) is 28.0 Å². The average molecular weight is 301 g/mol. The van der Waals surface area contributed by atoms with Gasteiger partial charge in [-0.25, -0.2) is 0 Å². The number of likely N-dealkylation sites (tertiary alicyclic amines) is 1. The Morgan fingerprint density at radius 3 is 3.09 bits per heavy atom. The Kier molecular flexibility index (Phi) is 4.27. The van der Waals surface area contributed by atoms with E-state index in [2.05, 4.69) is 29.1 Å². The van der Waals surface area contributed by atoms with Crippen LogP contribution in [0.25, 0.3) is 0 Å². The summed E-state index contributed by atoms with van der Waals surface area (Å²) in [7, 11) is 0. The van der Waals surface area contributed by atoms with E-state index in [9.17, 15) is 4.79 Å². The Morgan fingerprint density at radius 2 is 2.36 bits per heavy atom. The van der Waals surface area contributed by atoms with Crippen molar-refractivity contribution in [1.29, 1.82) is 0 Å². The number of aryl methyl sites for hydroxylation is 2. The van der Waals surface area contributed by atoms with Crippen LogP contribution in [-0.4, -0.2) is 43.9 Å². The van der Waals surface area contributed by atoms with Gasteiger partial charge in [-0.1, -0.05) is 6.92 Å². The largest absolute Gasteiger partial charge is 0.337 e. The maximum atomic E-state index is 12.6. The third-order valence-electron chi connectivity index (χ3n) is 4.30. The molecule has 0 aromatic carbocycles. The van der Waals surface area contributed by atoms with Crippen LogP contribution in [-0.2, 0) is 6.54 Å². The van der Waals surface area contributed by atoms with E-state index in [-0.39, 0.29) is 5.91 Å². The summed E-state index contributed by atoms with van der Waals surface area (Å²) in [5.41, 5.74) is 2.89. The van der Waals surface area contributed by atoms with Crippen molar-refractivity contribution in [1.82, 2.24) is 24.9 Å². The molecule has 1 N–H and O–H groups in total. The molecular formula is C16H23N5O. The first kappa shape index (κ1) is 14.8. The number of nitrogens with one attached hydrogen (secondary N) is 1. The van der Waals surface area contributed by atoms with Crippen LogP contribution in [0.15, 0.2) is 18.5 Å². The fourth-order valence-corrected chi connectivity index (χ4v) is 3.16. The highest BCUT2D eigenvalue weighted by atomic mass is 16.2. The van der Waals surface area contributed by atoms with Gasteiger partial charge >= 0.3 is 0 Å². The first-order valence-electron chi connectivity index (χ1n) is 8.01. The molecule has 6 heteroatoms. The molecule has 0 aliphatic carbocycles. The summed E-state index contributed by atoms with van der Waals surface area (Å²) in [6.07, 6.45) is 6.86. The van der Waals surface area contributed by atoms with Crippen molar-refractivity contribution in [2.24, 2.45) is 0 Å². The van der Waals surface area contributed by atoms with Crippen molar-refractivity contribution in [3.63, 3.8) is 0 Å². The van der Waals surface area contributed by atoms with Gasteiger partial charge in [-0.05, 0) is 37.8 Å². The molecule has 1 aliphatic rings. The lowest BCUT2D eigenvalue weighted by Gasteiger charge is -2.32. The number of amides is 1. The van der Waals surface area contributed by atoms with Gasteiger partial charge in [0.15, 0.2) is 0 Å². The fourth-order valence-electron chi connectivity index (χ4n) is 3.16. The Morgan fingerprint density at radius 1 is 1.50 bits per heavy atom. The molecule has 3 heterocycles. The lowest BCUT2D eigenvalue weighted by atomic mass is 9.93. The predicted molar refractivity (Wildman–Crippen MR) is 83.7 cm³/mol. The highest BCUT2D eigenvalue weighted by molar-refractivity contribution is 5.92. The number of carbonyl (C=O) groups is 1. The Labute approximate surface area is 130 Å². The van der Waals surface area contributed by atoms with Gasteiger partial charge in [0.1, 0.15) is 5.69 Å². The second-order valence-electron chi connectivity index (χ2n) is 6.02. The molecule has 6 nitrogen and oxygen atoms in total. The summed E-state index contributed by atoms with van der Waals surface area (Å²) < 4.78 is 1.84. The lowest BCUT2D eigenvalue weighted by molar-refractivity contribution is 0.0698. The van der Waals surface area contributed by atoms with Gasteiger partial charge in [-0.15, -0.1) is 0 Å². The molecule has 2 aromatic heterocycles. The third-order valence-corrected chi connectivity index (χ3v) is 4.30. The maximum absolute atomic E-state index is 12.6. The van der Waals surface area contributed by atoms with E-state index in [0.717, 1.165) is 44.6 Å². The quantitative estimate of drug-likeness (QED) is 0.942. The summed E-state index contributed by atoms with van der Waals surface area (Å²) in [4.78, 5) is 14.6. The lowest BCUT2D eigenvalue weighted by Crippen LogP contribution is -2.39. The summed E-state index contributed by atoms with van der Waals surface area (Å²) in [6.45, 7) is 6.56. The predicted octanol–water partition coefficient (Wildman–Crippen LogP) is 2.34. The number of aromatic amines is 1. The highest BCUT2D eigenvalue weighted by Crippen LogP contribution is 2.28. The van der Waals surface area contributed by atoms with Crippen molar-refractivity contribution in [3.05, 3.63) is 35.4 Å². The molecule has 2 aromatic rings. The molecule has 1 fully saturated rings. The number of piperidine rings is 1. The van der Waals surface area contributed by atoms with E-state index in [1.165, 1.54) is 5.56 Å². The van der Waals surface area contributed by atoms with Crippen LogP contribution in [0.4, 0.5) is 0 Å². The zero-order valence-corrected chi connectivity index (χ0v) is 13.2. The highest BCUT2D eigenvalue weighted by Gasteiger charge is 2.28. The minimum absolute atomic E-state index is 0.0386. The zero-order valence-electron chi connectivity index (χ0n) is 13.2. The van der Waals surface area contributed by atoms with E-state index in [4.69, 9.17) is 0 Å². The monoisotopic (exact) mass is 301 g/mol. The van der Waals surface area contributed by atoms with Gasteiger partial charge in [-0.3, -0.25) is 14.6 Å². The molecule has 1 aliphatic heterocycles. The SMILES string of the molecule is CCCn1ccc(C(=O)N2CCCC(c3[nH]ncc3C)C2)n1. The molecule has 0 bridgehead atoms. The van der Waals surface area contributed by atoms with Crippen molar-refractivity contribution in [2.45, 2.75) is 45.6 Å². The minimum Gasteiger partial charge on any atom is -0.337 e. The molecule has 1 atom stereocenters. The molecular weight excluding hydrogens is 278 g/mol. The van der Waals surface area contributed by atoms with Crippen LogP contribution in [0.3, 0.4) is 0 Å². The van der Waals surface area contributed by atoms with E-state index < -0.39 is 0 Å². The van der Waals surface area contributed by atoms with E-state index >= 15 is 0 Å². The van der Waals surface area contributed by atoms with Gasteiger partial charge in [-0.2, -0.15) is 10.2 Å². The summed E-state index contributed by atoms with van der Waals surface area (Å²) in [6, 6.07) is 1.82. The van der Waals surface area contributed by atoms with Crippen LogP contribution in [0, 0.1) is 6.92 Å². The second-order valence-corrected chi connectivity index (χ2v) is 6.02. The van der Waals surface area contributed by atoms with Gasteiger partial charge in [0, 0.05) is 37.4 Å². The van der Waals surface area contributed by atoms with Crippen LogP contribution >= 0.6 is 0 Å². The number of hydrogen-bond acceptors (Lipinski definition) is 3. The van der Waals surface area contributed by atoms with Gasteiger partial charge in [0.2, 0.25) is 0 Å². The number of nitrogens with zero attached hydrogens (tertiary/aromatic N) is 4. The minimum atomic E-state index is 0.0386. The van der Waals surface area contributed by atoms with Crippen molar-refractivity contribution >= 4 is 5.91 Å². The van der Waals surface area contributed by atoms with Crippen LogP contribution in [0.5, 0.6) is 0 Å². The summed E-state index contributed by atoms with van der Waals surface area (Å²) in [5, 5.41) is 11.6. The fraction of sp³-hybridized carbons (Fsp3) is 0.562. The smallest absolute Gasteiger partial charge is 0.274 e. The molecule has 1 amide bonds. The number of rotatable bonds is 4. The Bertz CT molecular complexity index is 645. The molecule has 3 rings (SSSR count). The number of hydrogen-bond donors (Lipinski definition) is 1. The number of carbonyl (C=O) groups excluding carboxylic acids is 1. The van der Waals surface area contributed by atoms with E-state index in [0.29, 0.717) is 11.6 Å². The maximum Gasteiger partial charge on any atom is 0.274 e. The molecule has 118 valence electrons. The van der Waals surface area contributed by atoms with Gasteiger partial charge in [0.05, 0.1) is 6.20 Å². The molecule has 1 saturated heterocycles.